The second-order valence-electron chi connectivity index (χ2n) is 5.50. The lowest BCUT2D eigenvalue weighted by atomic mass is 9.96. The normalized spacial score (nSPS) is 11.4. The van der Waals surface area contributed by atoms with Gasteiger partial charge in [0.05, 0.1) is 5.69 Å². The summed E-state index contributed by atoms with van der Waals surface area (Å²) in [6.07, 6.45) is 0. The minimum absolute atomic E-state index is 0.152. The number of anilines is 3. The number of benzene rings is 1. The van der Waals surface area contributed by atoms with Gasteiger partial charge in [-0.15, -0.1) is 0 Å². The zero-order valence-electron chi connectivity index (χ0n) is 11.5. The van der Waals surface area contributed by atoms with E-state index in [0.29, 0.717) is 17.5 Å². The highest BCUT2D eigenvalue weighted by Gasteiger charge is 2.18. The van der Waals surface area contributed by atoms with Gasteiger partial charge in [0.1, 0.15) is 17.5 Å². The summed E-state index contributed by atoms with van der Waals surface area (Å²) in [5.41, 5.74) is 6.63. The number of nitrogen functional groups attached to an aromatic ring is 1. The molecule has 106 valence electrons. The van der Waals surface area contributed by atoms with Crippen LogP contribution in [-0.4, -0.2) is 9.97 Å². The maximum Gasteiger partial charge on any atom is 0.138 e. The van der Waals surface area contributed by atoms with Crippen molar-refractivity contribution in [3.05, 3.63) is 39.0 Å². The molecule has 0 spiro atoms. The highest BCUT2D eigenvalue weighted by molar-refractivity contribution is 9.11. The van der Waals surface area contributed by atoms with Crippen molar-refractivity contribution in [2.24, 2.45) is 0 Å². The highest BCUT2D eigenvalue weighted by Crippen LogP contribution is 2.29. The average Bonchev–Trinajstić information content (AvgIpc) is 2.32. The summed E-state index contributed by atoms with van der Waals surface area (Å²) >= 11 is 6.96. The second kappa shape index (κ2) is 5.69. The lowest BCUT2D eigenvalue weighted by molar-refractivity contribution is 0.547. The van der Waals surface area contributed by atoms with Gasteiger partial charge < -0.3 is 11.1 Å². The van der Waals surface area contributed by atoms with E-state index in [9.17, 15) is 0 Å². The fourth-order valence-electron chi connectivity index (χ4n) is 1.60. The van der Waals surface area contributed by atoms with Crippen LogP contribution in [0.5, 0.6) is 0 Å². The van der Waals surface area contributed by atoms with Crippen molar-refractivity contribution in [1.82, 2.24) is 9.97 Å². The highest BCUT2D eigenvalue weighted by atomic mass is 79.9. The third kappa shape index (κ3) is 3.70. The van der Waals surface area contributed by atoms with Gasteiger partial charge in [0.15, 0.2) is 0 Å². The molecule has 0 aliphatic rings. The van der Waals surface area contributed by atoms with E-state index in [1.165, 1.54) is 0 Å². The summed E-state index contributed by atoms with van der Waals surface area (Å²) in [5.74, 6) is 1.85. The van der Waals surface area contributed by atoms with E-state index < -0.39 is 0 Å². The lowest BCUT2D eigenvalue weighted by Crippen LogP contribution is -2.17. The predicted molar refractivity (Wildman–Crippen MR) is 90.3 cm³/mol. The van der Waals surface area contributed by atoms with Crippen LogP contribution in [0.2, 0.25) is 0 Å². The number of rotatable bonds is 2. The standard InChI is InChI=1S/C14H16Br2N4/c1-14(2,3)13-19-11(17)7-12(20-13)18-10-6-8(15)4-5-9(10)16/h4-7H,1-3H3,(H3,17,18,19,20). The fraction of sp³-hybridized carbons (Fsp3) is 0.286. The molecular formula is C14H16Br2N4. The Bertz CT molecular complexity index is 636. The molecule has 20 heavy (non-hydrogen) atoms. The quantitative estimate of drug-likeness (QED) is 0.772. The molecule has 0 amide bonds. The van der Waals surface area contributed by atoms with Crippen LogP contribution >= 0.6 is 31.9 Å². The van der Waals surface area contributed by atoms with Crippen molar-refractivity contribution in [2.45, 2.75) is 26.2 Å². The van der Waals surface area contributed by atoms with E-state index in [2.05, 4.69) is 67.9 Å². The molecule has 2 aromatic rings. The van der Waals surface area contributed by atoms with Gasteiger partial charge in [-0.05, 0) is 34.1 Å². The van der Waals surface area contributed by atoms with E-state index >= 15 is 0 Å². The Labute approximate surface area is 135 Å². The number of nitrogens with zero attached hydrogens (tertiary/aromatic N) is 2. The van der Waals surface area contributed by atoms with Crippen molar-refractivity contribution in [3.63, 3.8) is 0 Å². The molecule has 0 atom stereocenters. The summed E-state index contributed by atoms with van der Waals surface area (Å²) < 4.78 is 1.94. The van der Waals surface area contributed by atoms with Crippen molar-refractivity contribution >= 4 is 49.2 Å². The maximum atomic E-state index is 5.87. The first-order valence-corrected chi connectivity index (χ1v) is 7.71. The third-order valence-corrected chi connectivity index (χ3v) is 3.79. The number of aromatic nitrogens is 2. The fourth-order valence-corrected chi connectivity index (χ4v) is 2.30. The Hall–Kier alpha value is -1.14. The van der Waals surface area contributed by atoms with Crippen molar-refractivity contribution in [3.8, 4) is 0 Å². The summed E-state index contributed by atoms with van der Waals surface area (Å²) in [6.45, 7) is 6.17. The number of nitrogens with two attached hydrogens (primary N) is 1. The Kier molecular flexibility index (Phi) is 4.34. The minimum atomic E-state index is -0.152. The molecule has 0 bridgehead atoms. The van der Waals surface area contributed by atoms with Gasteiger partial charge in [-0.3, -0.25) is 0 Å². The average molecular weight is 400 g/mol. The largest absolute Gasteiger partial charge is 0.384 e. The minimum Gasteiger partial charge on any atom is -0.384 e. The van der Waals surface area contributed by atoms with Gasteiger partial charge in [0, 0.05) is 20.4 Å². The maximum absolute atomic E-state index is 5.87. The van der Waals surface area contributed by atoms with E-state index in [1.54, 1.807) is 6.07 Å². The smallest absolute Gasteiger partial charge is 0.138 e. The number of hydrogen-bond acceptors (Lipinski definition) is 4. The number of hydrogen-bond donors (Lipinski definition) is 2. The molecule has 1 aromatic carbocycles. The molecule has 0 aliphatic carbocycles. The summed E-state index contributed by atoms with van der Waals surface area (Å²) in [6, 6.07) is 7.62. The van der Waals surface area contributed by atoms with Crippen molar-refractivity contribution in [1.29, 1.82) is 0 Å². The molecule has 0 saturated heterocycles. The van der Waals surface area contributed by atoms with Crippen LogP contribution in [0.1, 0.15) is 26.6 Å². The molecule has 4 nitrogen and oxygen atoms in total. The van der Waals surface area contributed by atoms with E-state index in [4.69, 9.17) is 5.73 Å². The monoisotopic (exact) mass is 398 g/mol. The van der Waals surface area contributed by atoms with Crippen LogP contribution in [-0.2, 0) is 5.41 Å². The van der Waals surface area contributed by atoms with Crippen LogP contribution in [0.3, 0.4) is 0 Å². The first kappa shape index (κ1) is 15.3. The van der Waals surface area contributed by atoms with Crippen LogP contribution in [0.25, 0.3) is 0 Å². The van der Waals surface area contributed by atoms with Crippen LogP contribution in [0, 0.1) is 0 Å². The molecular weight excluding hydrogens is 384 g/mol. The zero-order chi connectivity index (χ0) is 14.9. The first-order valence-electron chi connectivity index (χ1n) is 6.13. The Morgan fingerprint density at radius 3 is 2.45 bits per heavy atom. The SMILES string of the molecule is CC(C)(C)c1nc(N)cc(Nc2cc(Br)ccc2Br)n1. The number of nitrogens with one attached hydrogen (secondary N) is 1. The molecule has 0 unspecified atom stereocenters. The summed E-state index contributed by atoms with van der Waals surface area (Å²) in [4.78, 5) is 8.82. The molecule has 0 saturated carbocycles. The van der Waals surface area contributed by atoms with Crippen molar-refractivity contribution in [2.75, 3.05) is 11.1 Å². The van der Waals surface area contributed by atoms with Crippen LogP contribution < -0.4 is 11.1 Å². The molecule has 6 heteroatoms. The topological polar surface area (TPSA) is 63.8 Å². The van der Waals surface area contributed by atoms with Crippen LogP contribution in [0.4, 0.5) is 17.3 Å². The first-order chi connectivity index (χ1) is 9.25. The molecule has 0 radical (unpaired) electrons. The Morgan fingerprint density at radius 2 is 1.80 bits per heavy atom. The molecule has 0 aliphatic heterocycles. The van der Waals surface area contributed by atoms with Crippen molar-refractivity contribution < 1.29 is 0 Å². The van der Waals surface area contributed by atoms with E-state index in [-0.39, 0.29) is 5.41 Å². The van der Waals surface area contributed by atoms with Gasteiger partial charge in [0.25, 0.3) is 0 Å². The van der Waals surface area contributed by atoms with Crippen LogP contribution in [0.15, 0.2) is 33.2 Å². The molecule has 1 aromatic heterocycles. The van der Waals surface area contributed by atoms with Gasteiger partial charge in [0.2, 0.25) is 0 Å². The summed E-state index contributed by atoms with van der Waals surface area (Å²) in [7, 11) is 0. The molecule has 1 heterocycles. The molecule has 2 rings (SSSR count). The zero-order valence-corrected chi connectivity index (χ0v) is 14.7. The Balaban J connectivity index is 2.39. The number of halogens is 2. The van der Waals surface area contributed by atoms with Gasteiger partial charge in [-0.2, -0.15) is 0 Å². The van der Waals surface area contributed by atoms with Gasteiger partial charge in [-0.25, -0.2) is 9.97 Å². The third-order valence-electron chi connectivity index (χ3n) is 2.61. The molecule has 3 N–H and O–H groups in total. The van der Waals surface area contributed by atoms with Gasteiger partial charge in [-0.1, -0.05) is 36.7 Å². The summed E-state index contributed by atoms with van der Waals surface area (Å²) in [5, 5.41) is 3.26. The van der Waals surface area contributed by atoms with Gasteiger partial charge >= 0.3 is 0 Å². The molecule has 0 fully saturated rings. The van der Waals surface area contributed by atoms with E-state index in [1.807, 2.05) is 18.2 Å². The lowest BCUT2D eigenvalue weighted by Gasteiger charge is -2.18. The van der Waals surface area contributed by atoms with E-state index in [0.717, 1.165) is 14.6 Å². The predicted octanol–water partition coefficient (Wildman–Crippen LogP) is 4.62. The second-order valence-corrected chi connectivity index (χ2v) is 7.27. The Morgan fingerprint density at radius 1 is 1.10 bits per heavy atom.